The average Bonchev–Trinajstić information content (AvgIpc) is 2.96. The van der Waals surface area contributed by atoms with Crippen molar-refractivity contribution < 1.29 is 19.1 Å². The van der Waals surface area contributed by atoms with Gasteiger partial charge < -0.3 is 20.0 Å². The molecule has 8 nitrogen and oxygen atoms in total. The SMILES string of the molecule is N#CC1=C(N)Oc2c(c(=O)oc3ccccc23)[C@]12C(=O)N(CO)c1ccccc12. The van der Waals surface area contributed by atoms with Crippen LogP contribution < -0.4 is 21.0 Å². The zero-order valence-electron chi connectivity index (χ0n) is 14.9. The lowest BCUT2D eigenvalue weighted by Gasteiger charge is -2.33. The maximum absolute atomic E-state index is 13.6. The number of carbonyl (C=O) groups excluding carboxylic acids is 1. The number of hydrogen-bond donors (Lipinski definition) is 2. The highest BCUT2D eigenvalue weighted by Gasteiger charge is 2.61. The van der Waals surface area contributed by atoms with Gasteiger partial charge in [-0.1, -0.05) is 30.3 Å². The molecule has 1 aromatic heterocycles. The molecule has 3 heterocycles. The fourth-order valence-corrected chi connectivity index (χ4v) is 4.24. The van der Waals surface area contributed by atoms with E-state index in [0.717, 1.165) is 4.90 Å². The minimum Gasteiger partial charge on any atom is -0.439 e. The summed E-state index contributed by atoms with van der Waals surface area (Å²) in [5.74, 6) is -0.886. The number of nitrogens with two attached hydrogens (primary N) is 1. The van der Waals surface area contributed by atoms with Gasteiger partial charge in [0.25, 0.3) is 0 Å². The van der Waals surface area contributed by atoms with Crippen LogP contribution in [0.5, 0.6) is 5.75 Å². The zero-order valence-corrected chi connectivity index (χ0v) is 14.9. The second-order valence-corrected chi connectivity index (χ2v) is 6.68. The van der Waals surface area contributed by atoms with E-state index in [2.05, 4.69) is 0 Å². The molecule has 0 saturated carbocycles. The molecule has 0 unspecified atom stereocenters. The van der Waals surface area contributed by atoms with Crippen LogP contribution in [0.1, 0.15) is 11.1 Å². The van der Waals surface area contributed by atoms with Gasteiger partial charge >= 0.3 is 5.63 Å². The minimum atomic E-state index is -1.86. The van der Waals surface area contributed by atoms with E-state index in [0.29, 0.717) is 16.6 Å². The summed E-state index contributed by atoms with van der Waals surface area (Å²) >= 11 is 0. The number of benzene rings is 2. The van der Waals surface area contributed by atoms with Crippen LogP contribution in [0.2, 0.25) is 0 Å². The number of aliphatic hydroxyl groups is 1. The predicted molar refractivity (Wildman–Crippen MR) is 102 cm³/mol. The van der Waals surface area contributed by atoms with Crippen molar-refractivity contribution in [1.29, 1.82) is 5.26 Å². The quantitative estimate of drug-likeness (QED) is 0.605. The summed E-state index contributed by atoms with van der Waals surface area (Å²) in [6.45, 7) is -0.634. The van der Waals surface area contributed by atoms with Gasteiger partial charge in [-0.15, -0.1) is 0 Å². The summed E-state index contributed by atoms with van der Waals surface area (Å²) in [6.07, 6.45) is 0. The third kappa shape index (κ3) is 1.89. The van der Waals surface area contributed by atoms with Crippen LogP contribution in [0.4, 0.5) is 5.69 Å². The number of nitriles is 1. The first kappa shape index (κ1) is 17.0. The average molecular weight is 387 g/mol. The lowest BCUT2D eigenvalue weighted by molar-refractivity contribution is -0.121. The zero-order chi connectivity index (χ0) is 20.3. The highest BCUT2D eigenvalue weighted by molar-refractivity contribution is 6.14. The molecule has 3 N–H and O–H groups in total. The lowest BCUT2D eigenvalue weighted by Crippen LogP contribution is -2.48. The first-order chi connectivity index (χ1) is 14.1. The molecule has 0 radical (unpaired) electrons. The molecular weight excluding hydrogens is 374 g/mol. The number of amides is 1. The van der Waals surface area contributed by atoms with E-state index in [9.17, 15) is 20.0 Å². The van der Waals surface area contributed by atoms with Gasteiger partial charge in [0, 0.05) is 5.56 Å². The molecule has 1 atom stereocenters. The van der Waals surface area contributed by atoms with Gasteiger partial charge in [-0.2, -0.15) is 5.26 Å². The molecule has 0 bridgehead atoms. The van der Waals surface area contributed by atoms with Crippen LogP contribution >= 0.6 is 0 Å². The molecule has 0 fully saturated rings. The van der Waals surface area contributed by atoms with Crippen LogP contribution in [0.25, 0.3) is 11.0 Å². The smallest absolute Gasteiger partial charge is 0.345 e. The molecule has 1 spiro atoms. The Bertz CT molecular complexity index is 1350. The molecule has 8 heteroatoms. The van der Waals surface area contributed by atoms with E-state index >= 15 is 0 Å². The normalized spacial score (nSPS) is 19.9. The highest BCUT2D eigenvalue weighted by Crippen LogP contribution is 2.54. The Labute approximate surface area is 163 Å². The summed E-state index contributed by atoms with van der Waals surface area (Å²) in [5.41, 5.74) is 4.03. The van der Waals surface area contributed by atoms with Gasteiger partial charge in [0.2, 0.25) is 11.8 Å². The van der Waals surface area contributed by atoms with E-state index < -0.39 is 23.7 Å². The third-order valence-electron chi connectivity index (χ3n) is 5.39. The van der Waals surface area contributed by atoms with Gasteiger partial charge in [0.15, 0.2) is 11.2 Å². The van der Waals surface area contributed by atoms with E-state index in [1.165, 1.54) is 0 Å². The highest BCUT2D eigenvalue weighted by atomic mass is 16.5. The number of aliphatic hydroxyl groups excluding tert-OH is 1. The molecule has 0 aliphatic carbocycles. The van der Waals surface area contributed by atoms with E-state index in [4.69, 9.17) is 14.9 Å². The molecule has 1 amide bonds. The maximum atomic E-state index is 13.6. The van der Waals surface area contributed by atoms with Crippen LogP contribution in [-0.2, 0) is 10.2 Å². The van der Waals surface area contributed by atoms with E-state index in [1.807, 2.05) is 6.07 Å². The molecule has 3 aromatic rings. The Hall–Kier alpha value is -4.09. The van der Waals surface area contributed by atoms with Gasteiger partial charge in [0.05, 0.1) is 11.1 Å². The van der Waals surface area contributed by atoms with Gasteiger partial charge in [-0.25, -0.2) is 4.79 Å². The van der Waals surface area contributed by atoms with E-state index in [1.54, 1.807) is 48.5 Å². The van der Waals surface area contributed by atoms with Crippen molar-refractivity contribution in [3.05, 3.63) is 81.5 Å². The number of carbonyl (C=O) groups is 1. The Morgan fingerprint density at radius 1 is 1.14 bits per heavy atom. The standard InChI is InChI=1S/C21H13N3O5/c22-9-13-18(23)29-17-11-5-1-4-8-15(11)28-19(26)16(17)21(13)12-6-2-3-7-14(12)24(10-25)20(21)27/h1-8,25H,10,23H2/t21-/m1/s1. The topological polar surface area (TPSA) is 130 Å². The lowest BCUT2D eigenvalue weighted by atomic mass is 9.69. The van der Waals surface area contributed by atoms with Gasteiger partial charge in [-0.05, 0) is 18.2 Å². The van der Waals surface area contributed by atoms with Crippen LogP contribution in [0.15, 0.2) is 69.2 Å². The van der Waals surface area contributed by atoms with Crippen molar-refractivity contribution in [2.45, 2.75) is 5.41 Å². The van der Waals surface area contributed by atoms with Gasteiger partial charge in [0.1, 0.15) is 29.5 Å². The Balaban J connectivity index is 2.02. The molecule has 5 rings (SSSR count). The summed E-state index contributed by atoms with van der Waals surface area (Å²) in [5, 5.41) is 20.2. The number of anilines is 1. The molecule has 2 aromatic carbocycles. The van der Waals surface area contributed by atoms with Crippen molar-refractivity contribution in [3.8, 4) is 11.8 Å². The number of fused-ring (bicyclic) bond motifs is 6. The fraction of sp³-hybridized carbons (Fsp3) is 0.0952. The van der Waals surface area contributed by atoms with Crippen molar-refractivity contribution >= 4 is 22.6 Å². The fourth-order valence-electron chi connectivity index (χ4n) is 4.24. The first-order valence-corrected chi connectivity index (χ1v) is 8.72. The Morgan fingerprint density at radius 3 is 2.62 bits per heavy atom. The largest absolute Gasteiger partial charge is 0.439 e. The van der Waals surface area contributed by atoms with Crippen molar-refractivity contribution in [2.24, 2.45) is 5.73 Å². The third-order valence-corrected chi connectivity index (χ3v) is 5.39. The van der Waals surface area contributed by atoms with Crippen molar-refractivity contribution in [2.75, 3.05) is 11.6 Å². The molecule has 142 valence electrons. The minimum absolute atomic E-state index is 0.0660. The van der Waals surface area contributed by atoms with Crippen molar-refractivity contribution in [3.63, 3.8) is 0 Å². The van der Waals surface area contributed by atoms with Crippen LogP contribution in [0, 0.1) is 11.3 Å². The predicted octanol–water partition coefficient (Wildman–Crippen LogP) is 1.46. The van der Waals surface area contributed by atoms with Crippen LogP contribution in [0.3, 0.4) is 0 Å². The molecule has 2 aliphatic heterocycles. The second-order valence-electron chi connectivity index (χ2n) is 6.68. The molecule has 2 aliphatic rings. The Kier molecular flexibility index (Phi) is 3.35. The van der Waals surface area contributed by atoms with Gasteiger partial charge in [-0.3, -0.25) is 9.69 Å². The number of rotatable bonds is 1. The Morgan fingerprint density at radius 2 is 1.86 bits per heavy atom. The number of nitrogens with zero attached hydrogens (tertiary/aromatic N) is 2. The monoisotopic (exact) mass is 387 g/mol. The summed E-state index contributed by atoms with van der Waals surface area (Å²) in [4.78, 5) is 27.8. The number of hydrogen-bond acceptors (Lipinski definition) is 7. The molecule has 0 saturated heterocycles. The summed E-state index contributed by atoms with van der Waals surface area (Å²) < 4.78 is 11.2. The maximum Gasteiger partial charge on any atom is 0.345 e. The molecular formula is C21H13N3O5. The number of ether oxygens (including phenoxy) is 1. The second kappa shape index (κ2) is 5.70. The summed E-state index contributed by atoms with van der Waals surface area (Å²) in [6, 6.07) is 15.2. The van der Waals surface area contributed by atoms with E-state index in [-0.39, 0.29) is 28.4 Å². The first-order valence-electron chi connectivity index (χ1n) is 8.72. The summed E-state index contributed by atoms with van der Waals surface area (Å²) in [7, 11) is 0. The van der Waals surface area contributed by atoms with Crippen molar-refractivity contribution in [1.82, 2.24) is 0 Å². The van der Waals surface area contributed by atoms with Crippen LogP contribution in [-0.4, -0.2) is 17.7 Å². The molecule has 29 heavy (non-hydrogen) atoms. The number of para-hydroxylation sites is 2.